The number of pyridine rings is 1. The fraction of sp³-hybridized carbons (Fsp3) is 0.0769. The third kappa shape index (κ3) is 1.78. The minimum Gasteiger partial charge on any atom is -0.263 e. The van der Waals surface area contributed by atoms with Gasteiger partial charge in [0.2, 0.25) is 0 Å². The summed E-state index contributed by atoms with van der Waals surface area (Å²) in [6.07, 6.45) is 3.21. The van der Waals surface area contributed by atoms with Crippen molar-refractivity contribution < 1.29 is 4.39 Å². The van der Waals surface area contributed by atoms with Crippen LogP contribution in [0.25, 0.3) is 11.1 Å². The van der Waals surface area contributed by atoms with E-state index in [-0.39, 0.29) is 5.82 Å². The summed E-state index contributed by atoms with van der Waals surface area (Å²) in [6.45, 7) is 1.86. The molecule has 1 aromatic carbocycles. The van der Waals surface area contributed by atoms with Crippen LogP contribution < -0.4 is 0 Å². The van der Waals surface area contributed by atoms with E-state index in [1.54, 1.807) is 18.3 Å². The molecule has 0 spiro atoms. The summed E-state index contributed by atoms with van der Waals surface area (Å²) in [4.78, 5) is 4.00. The SMILES string of the molecule is Cc1c(C#N)cncc1-c1ccc(F)cc1. The molecule has 3 heteroatoms. The van der Waals surface area contributed by atoms with Gasteiger partial charge in [-0.05, 0) is 30.2 Å². The Morgan fingerprint density at radius 1 is 1.19 bits per heavy atom. The molecule has 0 aliphatic rings. The smallest absolute Gasteiger partial charge is 0.123 e. The molecule has 16 heavy (non-hydrogen) atoms. The first-order valence-corrected chi connectivity index (χ1v) is 4.83. The molecule has 0 amide bonds. The van der Waals surface area contributed by atoms with Gasteiger partial charge in [0.1, 0.15) is 11.9 Å². The normalized spacial score (nSPS) is 9.81. The first kappa shape index (κ1) is 10.3. The average molecular weight is 212 g/mol. The van der Waals surface area contributed by atoms with E-state index in [0.29, 0.717) is 5.56 Å². The minimum atomic E-state index is -0.272. The number of hydrogen-bond donors (Lipinski definition) is 0. The fourth-order valence-electron chi connectivity index (χ4n) is 1.56. The van der Waals surface area contributed by atoms with Gasteiger partial charge in [-0.3, -0.25) is 4.98 Å². The minimum absolute atomic E-state index is 0.272. The Hall–Kier alpha value is -2.21. The van der Waals surface area contributed by atoms with Crippen molar-refractivity contribution in [2.75, 3.05) is 0 Å². The molecule has 0 unspecified atom stereocenters. The highest BCUT2D eigenvalue weighted by atomic mass is 19.1. The largest absolute Gasteiger partial charge is 0.263 e. The van der Waals surface area contributed by atoms with E-state index in [1.807, 2.05) is 6.92 Å². The Kier molecular flexibility index (Phi) is 2.65. The van der Waals surface area contributed by atoms with Crippen molar-refractivity contribution in [1.82, 2.24) is 4.98 Å². The van der Waals surface area contributed by atoms with Crippen LogP contribution in [0, 0.1) is 24.1 Å². The van der Waals surface area contributed by atoms with E-state index in [4.69, 9.17) is 5.26 Å². The Morgan fingerprint density at radius 3 is 2.50 bits per heavy atom. The summed E-state index contributed by atoms with van der Waals surface area (Å²) < 4.78 is 12.8. The van der Waals surface area contributed by atoms with Gasteiger partial charge >= 0.3 is 0 Å². The van der Waals surface area contributed by atoms with Gasteiger partial charge in [0.15, 0.2) is 0 Å². The number of nitrogens with zero attached hydrogens (tertiary/aromatic N) is 2. The summed E-state index contributed by atoms with van der Waals surface area (Å²) in [5.41, 5.74) is 3.13. The third-order valence-electron chi connectivity index (χ3n) is 2.49. The summed E-state index contributed by atoms with van der Waals surface area (Å²) >= 11 is 0. The van der Waals surface area contributed by atoms with Crippen LogP contribution >= 0.6 is 0 Å². The molecule has 0 fully saturated rings. The summed E-state index contributed by atoms with van der Waals surface area (Å²) in [5, 5.41) is 8.88. The van der Waals surface area contributed by atoms with E-state index in [0.717, 1.165) is 16.7 Å². The second kappa shape index (κ2) is 4.11. The predicted octanol–water partition coefficient (Wildman–Crippen LogP) is 3.07. The Balaban J connectivity index is 2.57. The molecule has 1 aromatic heterocycles. The van der Waals surface area contributed by atoms with Gasteiger partial charge in [0, 0.05) is 18.0 Å². The maximum absolute atomic E-state index is 12.8. The van der Waals surface area contributed by atoms with Crippen molar-refractivity contribution in [3.05, 3.63) is 53.6 Å². The van der Waals surface area contributed by atoms with Gasteiger partial charge in [-0.2, -0.15) is 5.26 Å². The van der Waals surface area contributed by atoms with E-state index in [9.17, 15) is 4.39 Å². The van der Waals surface area contributed by atoms with Crippen molar-refractivity contribution in [2.24, 2.45) is 0 Å². The number of halogens is 1. The van der Waals surface area contributed by atoms with E-state index in [2.05, 4.69) is 11.1 Å². The number of nitriles is 1. The summed E-state index contributed by atoms with van der Waals surface area (Å²) in [6, 6.07) is 8.24. The standard InChI is InChI=1S/C13H9FN2/c1-9-11(6-15)7-16-8-13(9)10-2-4-12(14)5-3-10/h2-5,7-8H,1H3. The molecule has 2 rings (SSSR count). The lowest BCUT2D eigenvalue weighted by Gasteiger charge is -2.06. The van der Waals surface area contributed by atoms with Crippen LogP contribution in [0.4, 0.5) is 4.39 Å². The molecule has 0 aliphatic heterocycles. The lowest BCUT2D eigenvalue weighted by molar-refractivity contribution is 0.628. The van der Waals surface area contributed by atoms with Crippen LogP contribution in [0.2, 0.25) is 0 Å². The molecule has 2 aromatic rings. The monoisotopic (exact) mass is 212 g/mol. The van der Waals surface area contributed by atoms with Gasteiger partial charge in [-0.25, -0.2) is 4.39 Å². The van der Waals surface area contributed by atoms with Crippen molar-refractivity contribution in [1.29, 1.82) is 5.26 Å². The molecule has 2 nitrogen and oxygen atoms in total. The molecular weight excluding hydrogens is 203 g/mol. The second-order valence-electron chi connectivity index (χ2n) is 3.48. The van der Waals surface area contributed by atoms with Gasteiger partial charge in [-0.15, -0.1) is 0 Å². The van der Waals surface area contributed by atoms with Gasteiger partial charge in [0.05, 0.1) is 5.56 Å². The molecule has 78 valence electrons. The van der Waals surface area contributed by atoms with Crippen LogP contribution in [-0.4, -0.2) is 4.98 Å². The van der Waals surface area contributed by atoms with Crippen molar-refractivity contribution in [3.63, 3.8) is 0 Å². The molecular formula is C13H9FN2. The highest BCUT2D eigenvalue weighted by Gasteiger charge is 2.06. The number of rotatable bonds is 1. The molecule has 0 radical (unpaired) electrons. The number of benzene rings is 1. The topological polar surface area (TPSA) is 36.7 Å². The van der Waals surface area contributed by atoms with Gasteiger partial charge in [0.25, 0.3) is 0 Å². The number of hydrogen-bond acceptors (Lipinski definition) is 2. The zero-order valence-corrected chi connectivity index (χ0v) is 8.74. The maximum atomic E-state index is 12.8. The molecule has 0 N–H and O–H groups in total. The molecule has 0 saturated carbocycles. The lowest BCUT2D eigenvalue weighted by atomic mass is 10.00. The fourth-order valence-corrected chi connectivity index (χ4v) is 1.56. The molecule has 1 heterocycles. The van der Waals surface area contributed by atoms with E-state index < -0.39 is 0 Å². The van der Waals surface area contributed by atoms with Crippen LogP contribution in [0.15, 0.2) is 36.7 Å². The van der Waals surface area contributed by atoms with Gasteiger partial charge < -0.3 is 0 Å². The van der Waals surface area contributed by atoms with Crippen LogP contribution in [-0.2, 0) is 0 Å². The molecule has 0 aliphatic carbocycles. The zero-order valence-electron chi connectivity index (χ0n) is 8.74. The van der Waals surface area contributed by atoms with Crippen molar-refractivity contribution >= 4 is 0 Å². The molecule has 0 saturated heterocycles. The van der Waals surface area contributed by atoms with E-state index in [1.165, 1.54) is 18.3 Å². The average Bonchev–Trinajstić information content (AvgIpc) is 2.31. The third-order valence-corrected chi connectivity index (χ3v) is 2.49. The zero-order chi connectivity index (χ0) is 11.5. The number of aromatic nitrogens is 1. The van der Waals surface area contributed by atoms with Crippen molar-refractivity contribution in [2.45, 2.75) is 6.92 Å². The highest BCUT2D eigenvalue weighted by Crippen LogP contribution is 2.24. The highest BCUT2D eigenvalue weighted by molar-refractivity contribution is 5.68. The van der Waals surface area contributed by atoms with Gasteiger partial charge in [-0.1, -0.05) is 12.1 Å². The lowest BCUT2D eigenvalue weighted by Crippen LogP contribution is -1.90. The quantitative estimate of drug-likeness (QED) is 0.728. The Bertz CT molecular complexity index is 553. The van der Waals surface area contributed by atoms with E-state index >= 15 is 0 Å². The van der Waals surface area contributed by atoms with Crippen LogP contribution in [0.5, 0.6) is 0 Å². The predicted molar refractivity (Wildman–Crippen MR) is 59.1 cm³/mol. The first-order chi connectivity index (χ1) is 7.72. The summed E-state index contributed by atoms with van der Waals surface area (Å²) in [5.74, 6) is -0.272. The Morgan fingerprint density at radius 2 is 1.88 bits per heavy atom. The second-order valence-corrected chi connectivity index (χ2v) is 3.48. The summed E-state index contributed by atoms with van der Waals surface area (Å²) in [7, 11) is 0. The van der Waals surface area contributed by atoms with Crippen LogP contribution in [0.3, 0.4) is 0 Å². The molecule has 0 atom stereocenters. The Labute approximate surface area is 93.0 Å². The first-order valence-electron chi connectivity index (χ1n) is 4.83. The molecule has 0 bridgehead atoms. The van der Waals surface area contributed by atoms with Crippen molar-refractivity contribution in [3.8, 4) is 17.2 Å². The maximum Gasteiger partial charge on any atom is 0.123 e. The van der Waals surface area contributed by atoms with Crippen LogP contribution in [0.1, 0.15) is 11.1 Å².